The zero-order chi connectivity index (χ0) is 88.4. The third-order valence-electron chi connectivity index (χ3n) is 26.6. The van der Waals surface area contributed by atoms with Gasteiger partial charge in [-0.1, -0.05) is 78.4 Å². The zero-order valence-electron chi connectivity index (χ0n) is 72.3. The summed E-state index contributed by atoms with van der Waals surface area (Å²) in [4.78, 5) is 129. The zero-order valence-corrected chi connectivity index (χ0v) is 74.9. The lowest BCUT2D eigenvalue weighted by molar-refractivity contribution is -0.270. The number of likely N-dealkylation sites (tertiary alicyclic amines) is 2. The number of carbonyl (C=O) groups is 8. The van der Waals surface area contributed by atoms with Crippen molar-refractivity contribution in [2.45, 2.75) is 339 Å². The van der Waals surface area contributed by atoms with Crippen molar-refractivity contribution in [1.82, 2.24) is 41.7 Å². The second-order valence-corrected chi connectivity index (χ2v) is 40.2. The van der Waals surface area contributed by atoms with Gasteiger partial charge >= 0.3 is 20.6 Å². The van der Waals surface area contributed by atoms with Crippen LogP contribution in [0.15, 0.2) is 11.6 Å². The smallest absolute Gasteiger partial charge is 0.446 e. The highest BCUT2D eigenvalue weighted by Crippen LogP contribution is 2.67. The molecule has 7 fully saturated rings. The average molecular weight is 1780 g/mol. The number of aliphatic hydroxyl groups is 7. The molecule has 0 bridgehead atoms. The molecular weight excluding hydrogens is 1630 g/mol. The first kappa shape index (κ1) is 102. The highest BCUT2D eigenvalue weighted by molar-refractivity contribution is 8.07. The van der Waals surface area contributed by atoms with Crippen LogP contribution in [0.25, 0.3) is 0 Å². The molecular formula is C83H144N8O27P2S. The van der Waals surface area contributed by atoms with Crippen LogP contribution in [-0.2, 0) is 91.7 Å². The number of aliphatic hydroxyl groups excluding tert-OH is 7. The fourth-order valence-electron chi connectivity index (χ4n) is 20.0. The van der Waals surface area contributed by atoms with Crippen LogP contribution in [0.4, 0.5) is 4.79 Å². The van der Waals surface area contributed by atoms with E-state index in [2.05, 4.69) is 72.6 Å². The number of carbonyl (C=O) groups excluding carboxylic acids is 8. The van der Waals surface area contributed by atoms with Crippen LogP contribution in [0.1, 0.15) is 241 Å². The molecule has 0 radical (unpaired) electrons. The van der Waals surface area contributed by atoms with E-state index in [-0.39, 0.29) is 127 Å². The van der Waals surface area contributed by atoms with Crippen molar-refractivity contribution in [2.24, 2.45) is 46.3 Å². The average Bonchev–Trinajstić information content (AvgIpc) is 1.63. The van der Waals surface area contributed by atoms with Crippen molar-refractivity contribution in [3.63, 3.8) is 0 Å². The molecule has 25 atom stereocenters. The third-order valence-corrected chi connectivity index (χ3v) is 29.3. The van der Waals surface area contributed by atoms with Crippen molar-refractivity contribution >= 4 is 73.8 Å². The summed E-state index contributed by atoms with van der Waals surface area (Å²) in [5.41, 5.74) is 2.02. The number of fused-ring (bicyclic) bond motifs is 5. The summed E-state index contributed by atoms with van der Waals surface area (Å²) in [5, 5.41) is 88.3. The number of rotatable bonds is 50. The van der Waals surface area contributed by atoms with E-state index in [0.29, 0.717) is 88.5 Å². The maximum Gasteiger partial charge on any atom is 0.472 e. The van der Waals surface area contributed by atoms with E-state index in [1.54, 1.807) is 0 Å². The Balaban J connectivity index is 0.729. The number of amides is 8. The van der Waals surface area contributed by atoms with Gasteiger partial charge in [-0.2, -0.15) is 0 Å². The lowest BCUT2D eigenvalue weighted by atomic mass is 9.47. The number of phosphoric acid groups is 1. The summed E-state index contributed by atoms with van der Waals surface area (Å²) >= 11 is 5.07. The minimum absolute atomic E-state index is 0.00368. The summed E-state index contributed by atoms with van der Waals surface area (Å²) in [6.45, 7) is 9.79. The number of alkyl carbamates (subject to hydrolysis) is 1. The predicted octanol–water partition coefficient (Wildman–Crippen LogP) is 5.34. The number of phosphoric ester groups is 1. The quantitative estimate of drug-likeness (QED) is 0.0208. The Hall–Kier alpha value is -4.50. The molecule has 121 heavy (non-hydrogen) atoms. The van der Waals surface area contributed by atoms with Gasteiger partial charge < -0.3 is 120 Å². The largest absolute Gasteiger partial charge is 0.472 e. The van der Waals surface area contributed by atoms with Gasteiger partial charge in [0.2, 0.25) is 41.4 Å². The summed E-state index contributed by atoms with van der Waals surface area (Å²) in [5.74, 6) is 1.65. The number of hydrogen-bond donors (Lipinski definition) is 15. The van der Waals surface area contributed by atoms with Crippen molar-refractivity contribution in [2.75, 3.05) is 79.5 Å². The first-order valence-electron chi connectivity index (χ1n) is 44.5. The van der Waals surface area contributed by atoms with Crippen LogP contribution in [0, 0.1) is 46.3 Å². The molecule has 8 amide bonds. The number of allylic oxidation sites excluding steroid dienone is 1. The number of unbranched alkanes of at least 4 members (excludes halogenated alkanes) is 7. The highest BCUT2D eigenvalue weighted by Gasteiger charge is 2.60. The van der Waals surface area contributed by atoms with Crippen molar-refractivity contribution in [1.29, 1.82) is 0 Å². The Bertz CT molecular complexity index is 3450. The molecule has 38 heteroatoms. The predicted molar refractivity (Wildman–Crippen MR) is 447 cm³/mol. The van der Waals surface area contributed by atoms with Crippen LogP contribution in [0.2, 0.25) is 0 Å². The van der Waals surface area contributed by atoms with Crippen LogP contribution < -0.4 is 31.9 Å². The first-order chi connectivity index (χ1) is 57.5. The van der Waals surface area contributed by atoms with Gasteiger partial charge in [0, 0.05) is 99.0 Å². The van der Waals surface area contributed by atoms with Crippen molar-refractivity contribution in [3.05, 3.63) is 11.6 Å². The molecule has 0 aromatic rings. The topological polar surface area (TPSA) is 497 Å². The fourth-order valence-corrected chi connectivity index (χ4v) is 21.6. The molecule has 0 spiro atoms. The Morgan fingerprint density at radius 1 is 0.612 bits per heavy atom. The lowest BCUT2D eigenvalue weighted by Crippen LogP contribution is -2.64. The maximum absolute atomic E-state index is 13.9. The molecule has 35 nitrogen and oxygen atoms in total. The summed E-state index contributed by atoms with van der Waals surface area (Å²) in [7, 11) is -3.68. The first-order valence-corrected chi connectivity index (χ1v) is 48.5. The molecule has 694 valence electrons. The number of ether oxygens (including phenoxy) is 5. The van der Waals surface area contributed by atoms with Gasteiger partial charge in [-0.3, -0.25) is 42.6 Å². The highest BCUT2D eigenvalue weighted by atomic mass is 32.5. The Labute approximate surface area is 718 Å². The van der Waals surface area contributed by atoms with E-state index in [0.717, 1.165) is 55.3 Å². The monoisotopic (exact) mass is 1780 g/mol. The fraction of sp³-hybridized carbons (Fsp3) is 0.880. The van der Waals surface area contributed by atoms with Crippen LogP contribution in [0.3, 0.4) is 0 Å². The number of hydrogen-bond acceptors (Lipinski definition) is 26. The van der Waals surface area contributed by atoms with Gasteiger partial charge in [0.05, 0.1) is 50.7 Å². The lowest BCUT2D eigenvalue weighted by Gasteiger charge is -2.58. The van der Waals surface area contributed by atoms with Gasteiger partial charge in [-0.15, -0.1) is 0 Å². The molecule has 4 heterocycles. The molecule has 4 saturated heterocycles. The van der Waals surface area contributed by atoms with Gasteiger partial charge in [0.25, 0.3) is 0 Å². The summed E-state index contributed by atoms with van der Waals surface area (Å²) < 4.78 is 64.1. The Morgan fingerprint density at radius 2 is 1.17 bits per heavy atom. The van der Waals surface area contributed by atoms with Gasteiger partial charge in [-0.25, -0.2) is 9.36 Å². The van der Waals surface area contributed by atoms with Crippen LogP contribution in [0.5, 0.6) is 0 Å². The maximum atomic E-state index is 13.9. The van der Waals surface area contributed by atoms with Crippen molar-refractivity contribution < 1.29 is 130 Å². The standard InChI is InChI=1S/C83H144N8O27P2S/c1-51(2)22-21-23-52(3)62-31-32-63-61-30-29-55-42-59(33-35-82(55,6)64(61)34-36-83(62,63)7)115-81(106)86-39-17-10-12-28-71(100)91-46-60(44-57(91)50-114-120(109,121)110-8)118-119(107,108)113-49-56-43-58(96)45-90(56)70(99)27-11-9-16-38-85-78(105)65(89-69(98)26-15-20-41-112-80-73(88-54(5)95)77(104)75(102)67(48-93)117-80)24-13-18-37-84-68(97)25-14-19-40-111-79-72(87-53(4)94)76(103)74(101)66(47-92)116-79/h29,51-52,56-67,72-77,79-80,92-93,96,101-104H,9-28,30-50H2,1-8H3,(H,84,97)(H,85,105)(H,86,106)(H,87,94)(H,88,95)(H,89,98)(H,107,108)(H,109,121)/t52?,56-,57-,58+,59?,60+,61-,62?,63+,64+,65-,66?,67?,72?,73?,74?,75?,76?,77?,79?,80?,82-,83+,120?/m0/s1. The number of β-amino-alcohol motifs (C(OH)–C–C–N with tert-alkyl or cyclic N) is 1. The molecule has 8 aliphatic rings. The summed E-state index contributed by atoms with van der Waals surface area (Å²) in [6.07, 6.45) is 7.86. The molecule has 0 aromatic carbocycles. The second kappa shape index (κ2) is 49.2. The van der Waals surface area contributed by atoms with E-state index >= 15 is 0 Å². The second-order valence-electron chi connectivity index (χ2n) is 35.9. The van der Waals surface area contributed by atoms with Gasteiger partial charge in [0.15, 0.2) is 12.6 Å². The number of nitrogens with one attached hydrogen (secondary N) is 6. The van der Waals surface area contributed by atoms with E-state index in [1.165, 1.54) is 81.3 Å². The molecule has 3 saturated carbocycles. The van der Waals surface area contributed by atoms with Gasteiger partial charge in [-0.05, 0) is 187 Å². The van der Waals surface area contributed by atoms with Crippen LogP contribution >= 0.6 is 14.5 Å². The molecule has 0 aromatic heterocycles. The Kier molecular flexibility index (Phi) is 41.4. The van der Waals surface area contributed by atoms with E-state index < -0.39 is 156 Å². The minimum Gasteiger partial charge on any atom is -0.446 e. The molecule has 8 rings (SSSR count). The van der Waals surface area contributed by atoms with E-state index in [9.17, 15) is 88.5 Å². The molecule has 15 unspecified atom stereocenters. The minimum atomic E-state index is -4.88. The van der Waals surface area contributed by atoms with E-state index in [4.69, 9.17) is 53.6 Å². The van der Waals surface area contributed by atoms with Crippen molar-refractivity contribution in [3.8, 4) is 0 Å². The molecule has 15 N–H and O–H groups in total. The SMILES string of the molecule is COP(O)(=S)OC[C@@H]1C[C@@H](OP(=O)(O)OC[C@@H]2C[C@@H](O)CN2C(=O)CCCCCNC(=O)[C@H](CCCCNC(=O)CCCCOC2OC(CO)C(O)C(O)C2NC(C)=O)NC(=O)CCCCOC2OC(CO)C(O)C(O)C2NC(C)=O)CN1C(=O)CCCCCNC(=O)OC1CC[C@@]2(C)C(=CC[C@@H]3[C@H]2CC[C@]2(C)C(C(C)CCCC(C)C)CC[C@H]32)C1. The van der Waals surface area contributed by atoms with Crippen LogP contribution in [-0.4, -0.2) is 280 Å². The van der Waals surface area contributed by atoms with E-state index in [1.807, 2.05) is 0 Å². The molecule has 4 aliphatic carbocycles. The number of nitrogens with zero attached hydrogens (tertiary/aromatic N) is 2. The summed E-state index contributed by atoms with van der Waals surface area (Å²) in [6, 6.07) is -4.77. The van der Waals surface area contributed by atoms with Gasteiger partial charge in [0.1, 0.15) is 60.9 Å². The third kappa shape index (κ3) is 30.3. The molecule has 4 aliphatic heterocycles. The normalized spacial score (nSPS) is 32.3. The Morgan fingerprint density at radius 3 is 1.77 bits per heavy atom.